The largest absolute Gasteiger partial charge is 0.493 e. The predicted molar refractivity (Wildman–Crippen MR) is 147 cm³/mol. The molecule has 256 valence electrons. The van der Waals surface area contributed by atoms with E-state index in [-0.39, 0.29) is 11.6 Å². The van der Waals surface area contributed by atoms with Crippen LogP contribution in [0.5, 0.6) is 17.2 Å². The molecule has 0 radical (unpaired) electrons. The number of nitrogens with one attached hydrogen (secondary N) is 1. The van der Waals surface area contributed by atoms with E-state index in [1.54, 1.807) is 6.07 Å². The first-order valence-corrected chi connectivity index (χ1v) is 13.5. The van der Waals surface area contributed by atoms with Gasteiger partial charge in [-0.1, -0.05) is 36.4 Å². The fourth-order valence-corrected chi connectivity index (χ4v) is 4.81. The Balaban J connectivity index is 2.02. The average molecular weight is 694 g/mol. The smallest absolute Gasteiger partial charge is 0.461 e. The van der Waals surface area contributed by atoms with Crippen molar-refractivity contribution in [2.24, 2.45) is 0 Å². The van der Waals surface area contributed by atoms with Crippen LogP contribution in [0.4, 0.5) is 48.3 Å². The maximum absolute atomic E-state index is 15.1. The lowest BCUT2D eigenvalue weighted by atomic mass is 9.77. The van der Waals surface area contributed by atoms with Gasteiger partial charge in [-0.15, -0.1) is 0 Å². The topological polar surface area (TPSA) is 56.8 Å². The third kappa shape index (κ3) is 8.09. The minimum Gasteiger partial charge on any atom is -0.493 e. The summed E-state index contributed by atoms with van der Waals surface area (Å²) in [5.41, 5.74) is -5.15. The summed E-state index contributed by atoms with van der Waals surface area (Å²) in [5, 5.41) is 2.45. The van der Waals surface area contributed by atoms with Gasteiger partial charge in [-0.2, -0.15) is 39.5 Å². The fraction of sp³-hybridized carbons (Fsp3) is 0.219. The number of halogens is 11. The Morgan fingerprint density at radius 3 is 2.08 bits per heavy atom. The van der Waals surface area contributed by atoms with Crippen LogP contribution in [0.2, 0.25) is 0 Å². The van der Waals surface area contributed by atoms with Crippen molar-refractivity contribution < 1.29 is 67.3 Å². The summed E-state index contributed by atoms with van der Waals surface area (Å²) in [6.07, 6.45) is -15.2. The summed E-state index contributed by atoms with van der Waals surface area (Å²) in [7, 11) is 1.05. The minimum atomic E-state index is -5.24. The highest BCUT2D eigenvalue weighted by Crippen LogP contribution is 2.41. The Hall–Kier alpha value is -5.02. The second-order valence-corrected chi connectivity index (χ2v) is 10.1. The van der Waals surface area contributed by atoms with Gasteiger partial charge in [-0.3, -0.25) is 4.79 Å². The van der Waals surface area contributed by atoms with E-state index in [0.717, 1.165) is 25.3 Å². The molecule has 16 heteroatoms. The molecule has 5 nitrogen and oxygen atoms in total. The van der Waals surface area contributed by atoms with Crippen LogP contribution in [0.1, 0.15) is 32.6 Å². The van der Waals surface area contributed by atoms with Crippen LogP contribution >= 0.6 is 0 Å². The maximum atomic E-state index is 15.1. The number of rotatable bonds is 12. The number of alkyl halides is 9. The Bertz CT molecular complexity index is 1750. The Kier molecular flexibility index (Phi) is 10.4. The molecule has 4 rings (SSSR count). The summed E-state index contributed by atoms with van der Waals surface area (Å²) in [4.78, 5) is 13.7. The van der Waals surface area contributed by atoms with E-state index in [2.05, 4.69) is 14.8 Å². The molecule has 1 amide bonds. The third-order valence-electron chi connectivity index (χ3n) is 6.92. The summed E-state index contributed by atoms with van der Waals surface area (Å²) >= 11 is 0. The lowest BCUT2D eigenvalue weighted by Crippen LogP contribution is -2.49. The van der Waals surface area contributed by atoms with Crippen molar-refractivity contribution >= 4 is 5.91 Å². The second-order valence-electron chi connectivity index (χ2n) is 10.1. The van der Waals surface area contributed by atoms with Gasteiger partial charge in [0.15, 0.2) is 11.5 Å². The zero-order valence-corrected chi connectivity index (χ0v) is 24.2. The molecule has 0 unspecified atom stereocenters. The van der Waals surface area contributed by atoms with Gasteiger partial charge in [0, 0.05) is 18.1 Å². The molecule has 0 aliphatic carbocycles. The number of hydrogen-bond acceptors (Lipinski definition) is 4. The molecule has 0 saturated carbocycles. The zero-order chi connectivity index (χ0) is 35.4. The molecule has 0 heterocycles. The van der Waals surface area contributed by atoms with Crippen LogP contribution in [0.25, 0.3) is 0 Å². The van der Waals surface area contributed by atoms with Crippen LogP contribution in [-0.2, 0) is 18.1 Å². The molecule has 4 aromatic carbocycles. The summed E-state index contributed by atoms with van der Waals surface area (Å²) < 4.78 is 163. The van der Waals surface area contributed by atoms with Gasteiger partial charge in [0.05, 0.1) is 18.2 Å². The first-order chi connectivity index (χ1) is 22.4. The van der Waals surface area contributed by atoms with E-state index in [1.165, 1.54) is 24.3 Å². The Morgan fingerprint density at radius 2 is 1.48 bits per heavy atom. The van der Waals surface area contributed by atoms with Crippen LogP contribution in [-0.4, -0.2) is 32.2 Å². The van der Waals surface area contributed by atoms with Gasteiger partial charge in [-0.25, -0.2) is 8.78 Å². The molecule has 0 aromatic heterocycles. The number of methoxy groups -OCH3 is 1. The van der Waals surface area contributed by atoms with E-state index in [0.29, 0.717) is 35.9 Å². The van der Waals surface area contributed by atoms with Gasteiger partial charge in [0.25, 0.3) is 5.91 Å². The van der Waals surface area contributed by atoms with E-state index >= 15 is 4.39 Å². The molecule has 48 heavy (non-hydrogen) atoms. The molecule has 0 aliphatic rings. The summed E-state index contributed by atoms with van der Waals surface area (Å²) in [6.45, 7) is -3.33. The standard InChI is InChI=1S/C32H22F11NO4/c1-46-26-14-19(8-10-25(26)47-29(37)38)30(16-17-5-3-2-4-6-17,20-12-21(33)15-22(13-20)48-32(42,43)28(35)36)44-27(45)18-7-9-24(34)23(11-18)31(39,40)41/h2-15,28-29H,16H2,1H3,(H,44,45)/t30-/m1/s1. The van der Waals surface area contributed by atoms with Gasteiger partial charge in [0.2, 0.25) is 0 Å². The van der Waals surface area contributed by atoms with Gasteiger partial charge in [0.1, 0.15) is 17.4 Å². The third-order valence-corrected chi connectivity index (χ3v) is 6.92. The lowest BCUT2D eigenvalue weighted by molar-refractivity contribution is -0.253. The van der Waals surface area contributed by atoms with E-state index in [4.69, 9.17) is 4.74 Å². The number of hydrogen-bond donors (Lipinski definition) is 1. The highest BCUT2D eigenvalue weighted by molar-refractivity contribution is 5.95. The van der Waals surface area contributed by atoms with Crippen molar-refractivity contribution in [1.82, 2.24) is 5.32 Å². The monoisotopic (exact) mass is 693 g/mol. The van der Waals surface area contributed by atoms with Gasteiger partial charge in [-0.05, 0) is 59.2 Å². The second kappa shape index (κ2) is 14.0. The van der Waals surface area contributed by atoms with Crippen molar-refractivity contribution in [3.63, 3.8) is 0 Å². The van der Waals surface area contributed by atoms with Crippen LogP contribution in [0.3, 0.4) is 0 Å². The van der Waals surface area contributed by atoms with E-state index in [9.17, 15) is 48.7 Å². The number of carbonyl (C=O) groups excluding carboxylic acids is 1. The van der Waals surface area contributed by atoms with Crippen molar-refractivity contribution in [3.05, 3.63) is 124 Å². The number of ether oxygens (including phenoxy) is 3. The number of benzene rings is 4. The lowest BCUT2D eigenvalue weighted by Gasteiger charge is -2.37. The quantitative estimate of drug-likeness (QED) is 0.151. The van der Waals surface area contributed by atoms with Crippen LogP contribution in [0, 0.1) is 11.6 Å². The molecule has 0 saturated heterocycles. The Morgan fingerprint density at radius 1 is 0.792 bits per heavy atom. The van der Waals surface area contributed by atoms with E-state index in [1.807, 2.05) is 0 Å². The van der Waals surface area contributed by atoms with Gasteiger partial charge >= 0.3 is 25.3 Å². The zero-order valence-electron chi connectivity index (χ0n) is 24.2. The number of carbonyl (C=O) groups is 1. The molecule has 0 bridgehead atoms. The molecule has 0 fully saturated rings. The highest BCUT2D eigenvalue weighted by Gasteiger charge is 2.45. The van der Waals surface area contributed by atoms with Crippen molar-refractivity contribution in [2.45, 2.75) is 37.3 Å². The van der Waals surface area contributed by atoms with Gasteiger partial charge < -0.3 is 19.5 Å². The summed E-state index contributed by atoms with van der Waals surface area (Å²) in [6, 6.07) is 13.7. The van der Waals surface area contributed by atoms with Crippen LogP contribution in [0.15, 0.2) is 84.9 Å². The molecule has 1 N–H and O–H groups in total. The fourth-order valence-electron chi connectivity index (χ4n) is 4.81. The molecule has 0 aliphatic heterocycles. The SMILES string of the molecule is COc1cc([C@@](Cc2ccccc2)(NC(=O)c2ccc(F)c(C(F)(F)F)c2)c2cc(F)cc(OC(F)(F)C(F)F)c2)ccc1OC(F)F. The van der Waals surface area contributed by atoms with Crippen molar-refractivity contribution in [2.75, 3.05) is 7.11 Å². The molecule has 0 spiro atoms. The van der Waals surface area contributed by atoms with Crippen molar-refractivity contribution in [1.29, 1.82) is 0 Å². The first-order valence-electron chi connectivity index (χ1n) is 13.5. The van der Waals surface area contributed by atoms with Crippen LogP contribution < -0.4 is 19.5 Å². The molecular formula is C32H22F11NO4. The molecular weight excluding hydrogens is 671 g/mol. The average Bonchev–Trinajstić information content (AvgIpc) is 3.00. The van der Waals surface area contributed by atoms with Crippen molar-refractivity contribution in [3.8, 4) is 17.2 Å². The number of amides is 1. The normalized spacial score (nSPS) is 13.3. The minimum absolute atomic E-state index is 0.173. The maximum Gasteiger partial charge on any atom is 0.461 e. The first kappa shape index (κ1) is 35.8. The Labute approximate surface area is 264 Å². The molecule has 1 atom stereocenters. The predicted octanol–water partition coefficient (Wildman–Crippen LogP) is 8.75. The summed E-state index contributed by atoms with van der Waals surface area (Å²) in [5.74, 6) is -6.45. The molecule has 4 aromatic rings. The van der Waals surface area contributed by atoms with E-state index < -0.39 is 88.8 Å². The highest BCUT2D eigenvalue weighted by atomic mass is 19.4.